The summed E-state index contributed by atoms with van der Waals surface area (Å²) in [6.45, 7) is 0.871. The van der Waals surface area contributed by atoms with Crippen LogP contribution in [0, 0.1) is 11.6 Å². The molecule has 2 aromatic rings. The van der Waals surface area contributed by atoms with Crippen LogP contribution >= 0.6 is 11.8 Å². The molecule has 0 radical (unpaired) electrons. The van der Waals surface area contributed by atoms with Gasteiger partial charge in [-0.15, -0.1) is 11.8 Å². The molecule has 1 amide bonds. The van der Waals surface area contributed by atoms with Crippen molar-refractivity contribution in [2.24, 2.45) is 0 Å². The Balaban J connectivity index is 1.63. The molecular weight excluding hydrogens is 344 g/mol. The minimum Gasteiger partial charge on any atom is -0.377 e. The third-order valence-corrected chi connectivity index (χ3v) is 5.16. The fourth-order valence-corrected chi connectivity index (χ4v) is 3.85. The molecule has 25 heavy (non-hydrogen) atoms. The first-order valence-corrected chi connectivity index (χ1v) is 9.17. The number of ether oxygens (including phenoxy) is 1. The van der Waals surface area contributed by atoms with E-state index in [0.29, 0.717) is 11.1 Å². The highest BCUT2D eigenvalue weighted by molar-refractivity contribution is 7.99. The van der Waals surface area contributed by atoms with Crippen LogP contribution in [-0.4, -0.2) is 24.4 Å². The lowest BCUT2D eigenvalue weighted by atomic mass is 10.2. The molecule has 0 bridgehead atoms. The monoisotopic (exact) mass is 363 g/mol. The Morgan fingerprint density at radius 2 is 1.96 bits per heavy atom. The van der Waals surface area contributed by atoms with Crippen LogP contribution in [0.3, 0.4) is 0 Å². The number of halogens is 2. The normalized spacial score (nSPS) is 16.8. The van der Waals surface area contributed by atoms with Gasteiger partial charge in [0.2, 0.25) is 0 Å². The van der Waals surface area contributed by atoms with E-state index in [0.717, 1.165) is 36.2 Å². The van der Waals surface area contributed by atoms with Crippen molar-refractivity contribution >= 4 is 17.7 Å². The molecule has 1 N–H and O–H groups in total. The summed E-state index contributed by atoms with van der Waals surface area (Å²) in [7, 11) is 0. The van der Waals surface area contributed by atoms with E-state index in [4.69, 9.17) is 4.74 Å². The SMILES string of the molecule is O=C(NCc1cc(F)cc(F)c1)c1ccccc1SCC1CCCO1. The van der Waals surface area contributed by atoms with Crippen LogP contribution < -0.4 is 5.32 Å². The molecule has 1 aliphatic rings. The molecule has 1 heterocycles. The average Bonchev–Trinajstić information content (AvgIpc) is 3.11. The summed E-state index contributed by atoms with van der Waals surface area (Å²) in [5, 5.41) is 2.72. The van der Waals surface area contributed by atoms with Crippen molar-refractivity contribution in [3.8, 4) is 0 Å². The highest BCUT2D eigenvalue weighted by Gasteiger charge is 2.18. The minimum atomic E-state index is -0.656. The Kier molecular flexibility index (Phi) is 6.04. The fourth-order valence-electron chi connectivity index (χ4n) is 2.73. The van der Waals surface area contributed by atoms with E-state index in [1.807, 2.05) is 12.1 Å². The molecule has 6 heteroatoms. The van der Waals surface area contributed by atoms with E-state index in [1.54, 1.807) is 23.9 Å². The zero-order valence-electron chi connectivity index (χ0n) is 13.6. The van der Waals surface area contributed by atoms with Crippen LogP contribution in [0.1, 0.15) is 28.8 Å². The van der Waals surface area contributed by atoms with Gasteiger partial charge < -0.3 is 10.1 Å². The molecule has 1 saturated heterocycles. The lowest BCUT2D eigenvalue weighted by Crippen LogP contribution is -2.23. The maximum absolute atomic E-state index is 13.2. The lowest BCUT2D eigenvalue weighted by Gasteiger charge is -2.12. The number of hydrogen-bond donors (Lipinski definition) is 1. The second kappa shape index (κ2) is 8.45. The van der Waals surface area contributed by atoms with Crippen LogP contribution in [0.5, 0.6) is 0 Å². The number of carbonyl (C=O) groups is 1. The highest BCUT2D eigenvalue weighted by atomic mass is 32.2. The number of nitrogens with one attached hydrogen (secondary N) is 1. The Labute approximate surface area is 149 Å². The number of carbonyl (C=O) groups excluding carboxylic acids is 1. The Hall–Kier alpha value is -1.92. The quantitative estimate of drug-likeness (QED) is 0.783. The van der Waals surface area contributed by atoms with E-state index in [9.17, 15) is 13.6 Å². The molecule has 3 rings (SSSR count). The van der Waals surface area contributed by atoms with Crippen molar-refractivity contribution in [2.45, 2.75) is 30.4 Å². The minimum absolute atomic E-state index is 0.0677. The summed E-state index contributed by atoms with van der Waals surface area (Å²) in [6, 6.07) is 10.6. The van der Waals surface area contributed by atoms with Gasteiger partial charge in [-0.2, -0.15) is 0 Å². The van der Waals surface area contributed by atoms with Crippen molar-refractivity contribution < 1.29 is 18.3 Å². The van der Waals surface area contributed by atoms with Crippen molar-refractivity contribution in [3.63, 3.8) is 0 Å². The fraction of sp³-hybridized carbons (Fsp3) is 0.316. The summed E-state index contributed by atoms with van der Waals surface area (Å²) >= 11 is 1.59. The van der Waals surface area contributed by atoms with Crippen LogP contribution in [0.4, 0.5) is 8.78 Å². The third-order valence-electron chi connectivity index (χ3n) is 3.96. The maximum atomic E-state index is 13.2. The summed E-state index contributed by atoms with van der Waals surface area (Å²) in [4.78, 5) is 13.3. The van der Waals surface area contributed by atoms with Gasteiger partial charge in [0.05, 0.1) is 11.7 Å². The topological polar surface area (TPSA) is 38.3 Å². The molecule has 132 valence electrons. The standard InChI is InChI=1S/C19H19F2NO2S/c20-14-8-13(9-15(21)10-14)11-22-19(23)17-5-1-2-6-18(17)25-12-16-4-3-7-24-16/h1-2,5-6,8-10,16H,3-4,7,11-12H2,(H,22,23). The van der Waals surface area contributed by atoms with Crippen molar-refractivity contribution in [2.75, 3.05) is 12.4 Å². The van der Waals surface area contributed by atoms with Gasteiger partial charge in [-0.05, 0) is 42.7 Å². The third kappa shape index (κ3) is 5.03. The molecular formula is C19H19F2NO2S. The highest BCUT2D eigenvalue weighted by Crippen LogP contribution is 2.26. The summed E-state index contributed by atoms with van der Waals surface area (Å²) < 4.78 is 32.1. The first-order valence-electron chi connectivity index (χ1n) is 8.18. The van der Waals surface area contributed by atoms with E-state index >= 15 is 0 Å². The van der Waals surface area contributed by atoms with Gasteiger partial charge in [-0.1, -0.05) is 12.1 Å². The summed E-state index contributed by atoms with van der Waals surface area (Å²) in [5.41, 5.74) is 0.942. The molecule has 0 saturated carbocycles. The average molecular weight is 363 g/mol. The molecule has 0 aromatic heterocycles. The Bertz CT molecular complexity index is 728. The zero-order chi connectivity index (χ0) is 17.6. The first-order chi connectivity index (χ1) is 12.1. The van der Waals surface area contributed by atoms with Gasteiger partial charge in [0.1, 0.15) is 11.6 Å². The van der Waals surface area contributed by atoms with Crippen LogP contribution in [0.2, 0.25) is 0 Å². The van der Waals surface area contributed by atoms with Crippen LogP contribution in [-0.2, 0) is 11.3 Å². The summed E-state index contributed by atoms with van der Waals surface area (Å²) in [6.07, 6.45) is 2.36. The van der Waals surface area contributed by atoms with Gasteiger partial charge in [-0.25, -0.2) is 8.78 Å². The van der Waals surface area contributed by atoms with Crippen LogP contribution in [0.25, 0.3) is 0 Å². The Morgan fingerprint density at radius 3 is 2.68 bits per heavy atom. The molecule has 3 nitrogen and oxygen atoms in total. The molecule has 1 unspecified atom stereocenters. The predicted octanol–water partition coefficient (Wildman–Crippen LogP) is 4.17. The Morgan fingerprint density at radius 1 is 1.20 bits per heavy atom. The molecule has 1 atom stereocenters. The second-order valence-electron chi connectivity index (χ2n) is 5.90. The van der Waals surface area contributed by atoms with Gasteiger partial charge in [-0.3, -0.25) is 4.79 Å². The molecule has 1 aliphatic heterocycles. The molecule has 1 fully saturated rings. The lowest BCUT2D eigenvalue weighted by molar-refractivity contribution is 0.0947. The van der Waals surface area contributed by atoms with E-state index in [2.05, 4.69) is 5.32 Å². The second-order valence-corrected chi connectivity index (χ2v) is 6.96. The molecule has 2 aromatic carbocycles. The van der Waals surface area contributed by atoms with E-state index in [1.165, 1.54) is 12.1 Å². The predicted molar refractivity (Wildman–Crippen MR) is 93.7 cm³/mol. The van der Waals surface area contributed by atoms with Crippen LogP contribution in [0.15, 0.2) is 47.4 Å². The maximum Gasteiger partial charge on any atom is 0.252 e. The summed E-state index contributed by atoms with van der Waals surface area (Å²) in [5.74, 6) is -0.770. The number of rotatable bonds is 6. The number of thioether (sulfide) groups is 1. The van der Waals surface area contributed by atoms with Crippen molar-refractivity contribution in [1.29, 1.82) is 0 Å². The first kappa shape index (κ1) is 17.9. The van der Waals surface area contributed by atoms with Gasteiger partial charge in [0, 0.05) is 29.9 Å². The largest absolute Gasteiger partial charge is 0.377 e. The van der Waals surface area contributed by atoms with Crippen molar-refractivity contribution in [3.05, 3.63) is 65.2 Å². The molecule has 0 spiro atoms. The molecule has 0 aliphatic carbocycles. The zero-order valence-corrected chi connectivity index (χ0v) is 14.5. The van der Waals surface area contributed by atoms with Gasteiger partial charge >= 0.3 is 0 Å². The number of hydrogen-bond acceptors (Lipinski definition) is 3. The number of benzene rings is 2. The van der Waals surface area contributed by atoms with Crippen molar-refractivity contribution in [1.82, 2.24) is 5.32 Å². The van der Waals surface area contributed by atoms with E-state index in [-0.39, 0.29) is 18.6 Å². The smallest absolute Gasteiger partial charge is 0.252 e. The van der Waals surface area contributed by atoms with E-state index < -0.39 is 11.6 Å². The van der Waals surface area contributed by atoms with Gasteiger partial charge in [0.15, 0.2) is 0 Å². The van der Waals surface area contributed by atoms with Gasteiger partial charge in [0.25, 0.3) is 5.91 Å². The number of amides is 1.